The maximum atomic E-state index is 12.1. The minimum Gasteiger partial charge on any atom is -0.497 e. The fourth-order valence-corrected chi connectivity index (χ4v) is 1.72. The van der Waals surface area contributed by atoms with Crippen LogP contribution in [0.4, 0.5) is 5.69 Å². The van der Waals surface area contributed by atoms with Gasteiger partial charge in [0.15, 0.2) is 0 Å². The molecule has 0 spiro atoms. The smallest absolute Gasteiger partial charge is 0.266 e. The van der Waals surface area contributed by atoms with Crippen LogP contribution in [0.1, 0.15) is 11.5 Å². The Morgan fingerprint density at radius 1 is 1.38 bits per heavy atom. The number of nitriles is 1. The predicted octanol–water partition coefficient (Wildman–Crippen LogP) is 3.14. The number of methoxy groups -OCH3 is 1. The summed E-state index contributed by atoms with van der Waals surface area (Å²) < 4.78 is 10.4. The summed E-state index contributed by atoms with van der Waals surface area (Å²) in [4.78, 5) is 12.1. The first-order valence-electron chi connectivity index (χ1n) is 6.26. The van der Waals surface area contributed by atoms with E-state index in [4.69, 9.17) is 14.4 Å². The molecule has 0 aliphatic heterocycles. The van der Waals surface area contributed by atoms with Crippen LogP contribution in [0.15, 0.2) is 46.4 Å². The van der Waals surface area contributed by atoms with Gasteiger partial charge in [-0.3, -0.25) is 4.79 Å². The van der Waals surface area contributed by atoms with Gasteiger partial charge >= 0.3 is 0 Å². The van der Waals surface area contributed by atoms with Gasteiger partial charge in [-0.2, -0.15) is 5.26 Å². The van der Waals surface area contributed by atoms with E-state index in [0.717, 1.165) is 0 Å². The topological polar surface area (TPSA) is 75.3 Å². The van der Waals surface area contributed by atoms with E-state index < -0.39 is 5.91 Å². The molecule has 0 saturated heterocycles. The number of hydrogen-bond acceptors (Lipinski definition) is 4. The highest BCUT2D eigenvalue weighted by Crippen LogP contribution is 2.18. The minimum atomic E-state index is -0.500. The Kier molecular flexibility index (Phi) is 4.42. The number of anilines is 1. The monoisotopic (exact) mass is 282 g/mol. The van der Waals surface area contributed by atoms with Crippen LogP contribution in [0.25, 0.3) is 6.08 Å². The van der Waals surface area contributed by atoms with Gasteiger partial charge in [-0.05, 0) is 31.2 Å². The summed E-state index contributed by atoms with van der Waals surface area (Å²) in [7, 11) is 1.54. The summed E-state index contributed by atoms with van der Waals surface area (Å²) in [6.45, 7) is 1.79. The molecule has 5 heteroatoms. The molecule has 0 saturated carbocycles. The highest BCUT2D eigenvalue weighted by Gasteiger charge is 2.11. The van der Waals surface area contributed by atoms with E-state index in [0.29, 0.717) is 23.0 Å². The number of hydrogen-bond donors (Lipinski definition) is 1. The second-order valence-electron chi connectivity index (χ2n) is 4.30. The van der Waals surface area contributed by atoms with Crippen molar-refractivity contribution in [3.63, 3.8) is 0 Å². The zero-order valence-electron chi connectivity index (χ0n) is 11.7. The van der Waals surface area contributed by atoms with Crippen molar-refractivity contribution < 1.29 is 13.9 Å². The Hall–Kier alpha value is -3.00. The van der Waals surface area contributed by atoms with Gasteiger partial charge in [0.05, 0.1) is 7.11 Å². The molecule has 2 rings (SSSR count). The van der Waals surface area contributed by atoms with Gasteiger partial charge in [0.25, 0.3) is 5.91 Å². The van der Waals surface area contributed by atoms with Crippen LogP contribution in [0.3, 0.4) is 0 Å². The minimum absolute atomic E-state index is 0.0350. The number of aryl methyl sites for hydroxylation is 1. The predicted molar refractivity (Wildman–Crippen MR) is 78.7 cm³/mol. The number of ether oxygens (including phenoxy) is 1. The molecular weight excluding hydrogens is 268 g/mol. The fraction of sp³-hybridized carbons (Fsp3) is 0.125. The first-order valence-corrected chi connectivity index (χ1v) is 6.26. The van der Waals surface area contributed by atoms with Gasteiger partial charge in [-0.25, -0.2) is 0 Å². The van der Waals surface area contributed by atoms with Crippen molar-refractivity contribution >= 4 is 17.7 Å². The second-order valence-corrected chi connectivity index (χ2v) is 4.30. The summed E-state index contributed by atoms with van der Waals surface area (Å²) in [6.07, 6.45) is 1.41. The van der Waals surface area contributed by atoms with Gasteiger partial charge in [0.2, 0.25) is 0 Å². The number of carbonyl (C=O) groups excluding carboxylic acids is 1. The van der Waals surface area contributed by atoms with Crippen molar-refractivity contribution in [1.29, 1.82) is 5.26 Å². The van der Waals surface area contributed by atoms with Gasteiger partial charge in [-0.15, -0.1) is 0 Å². The Morgan fingerprint density at radius 3 is 2.81 bits per heavy atom. The van der Waals surface area contributed by atoms with Gasteiger partial charge in [0.1, 0.15) is 28.9 Å². The molecule has 0 unspecified atom stereocenters. The molecule has 0 radical (unpaired) electrons. The van der Waals surface area contributed by atoms with E-state index in [-0.39, 0.29) is 5.57 Å². The van der Waals surface area contributed by atoms with Crippen LogP contribution < -0.4 is 10.1 Å². The molecule has 0 aliphatic rings. The fourth-order valence-electron chi connectivity index (χ4n) is 1.72. The number of nitrogens with one attached hydrogen (secondary N) is 1. The molecule has 0 bridgehead atoms. The molecule has 1 aromatic carbocycles. The second kappa shape index (κ2) is 6.44. The molecule has 0 fully saturated rings. The molecule has 0 atom stereocenters. The number of benzene rings is 1. The molecule has 21 heavy (non-hydrogen) atoms. The Labute approximate surface area is 122 Å². The van der Waals surface area contributed by atoms with Crippen molar-refractivity contribution in [3.8, 4) is 11.8 Å². The normalized spacial score (nSPS) is 10.8. The van der Waals surface area contributed by atoms with Crippen LogP contribution in [-0.2, 0) is 4.79 Å². The number of nitrogens with zero attached hydrogens (tertiary/aromatic N) is 1. The maximum absolute atomic E-state index is 12.1. The number of carbonyl (C=O) groups is 1. The number of rotatable bonds is 4. The van der Waals surface area contributed by atoms with Crippen molar-refractivity contribution in [2.45, 2.75) is 6.92 Å². The largest absolute Gasteiger partial charge is 0.497 e. The summed E-state index contributed by atoms with van der Waals surface area (Å²) in [5.41, 5.74) is 0.517. The average molecular weight is 282 g/mol. The van der Waals surface area contributed by atoms with Crippen LogP contribution in [0.2, 0.25) is 0 Å². The van der Waals surface area contributed by atoms with Crippen LogP contribution in [0, 0.1) is 18.3 Å². The molecular formula is C16H14N2O3. The maximum Gasteiger partial charge on any atom is 0.266 e. The van der Waals surface area contributed by atoms with Crippen molar-refractivity contribution in [2.24, 2.45) is 0 Å². The van der Waals surface area contributed by atoms with E-state index in [1.807, 2.05) is 6.07 Å². The third kappa shape index (κ3) is 3.74. The van der Waals surface area contributed by atoms with Gasteiger partial charge < -0.3 is 14.5 Å². The molecule has 1 aromatic heterocycles. The Morgan fingerprint density at radius 2 is 2.19 bits per heavy atom. The molecule has 1 heterocycles. The first kappa shape index (κ1) is 14.4. The van der Waals surface area contributed by atoms with Crippen molar-refractivity contribution in [2.75, 3.05) is 12.4 Å². The van der Waals surface area contributed by atoms with E-state index in [9.17, 15) is 4.79 Å². The summed E-state index contributed by atoms with van der Waals surface area (Å²) in [5.74, 6) is 1.30. The number of amides is 1. The third-order valence-corrected chi connectivity index (χ3v) is 2.74. The van der Waals surface area contributed by atoms with Crippen LogP contribution in [0.5, 0.6) is 5.75 Å². The standard InChI is InChI=1S/C16H14N2O3/c1-11-6-7-15(21-11)8-12(10-17)16(19)18-13-4-3-5-14(9-13)20-2/h3-9H,1-2H3,(H,18,19)/b12-8+. The zero-order chi connectivity index (χ0) is 15.2. The van der Waals surface area contributed by atoms with E-state index in [2.05, 4.69) is 5.32 Å². The van der Waals surface area contributed by atoms with E-state index >= 15 is 0 Å². The lowest BCUT2D eigenvalue weighted by Gasteiger charge is -2.06. The Balaban J connectivity index is 2.17. The molecule has 106 valence electrons. The molecule has 1 amide bonds. The molecule has 5 nitrogen and oxygen atoms in total. The highest BCUT2D eigenvalue weighted by atomic mass is 16.5. The lowest BCUT2D eigenvalue weighted by Crippen LogP contribution is -2.13. The van der Waals surface area contributed by atoms with Gasteiger partial charge in [0, 0.05) is 17.8 Å². The number of furan rings is 1. The highest BCUT2D eigenvalue weighted by molar-refractivity contribution is 6.09. The average Bonchev–Trinajstić information content (AvgIpc) is 2.90. The zero-order valence-corrected chi connectivity index (χ0v) is 11.7. The van der Waals surface area contributed by atoms with Crippen LogP contribution >= 0.6 is 0 Å². The van der Waals surface area contributed by atoms with E-state index in [1.54, 1.807) is 50.4 Å². The van der Waals surface area contributed by atoms with Crippen molar-refractivity contribution in [3.05, 3.63) is 53.5 Å². The molecule has 0 aliphatic carbocycles. The first-order chi connectivity index (χ1) is 10.1. The quantitative estimate of drug-likeness (QED) is 0.690. The van der Waals surface area contributed by atoms with E-state index in [1.165, 1.54) is 6.08 Å². The molecule has 1 N–H and O–H groups in total. The van der Waals surface area contributed by atoms with Gasteiger partial charge in [-0.1, -0.05) is 6.07 Å². The summed E-state index contributed by atoms with van der Waals surface area (Å²) in [5, 5.41) is 11.7. The van der Waals surface area contributed by atoms with Crippen molar-refractivity contribution in [1.82, 2.24) is 0 Å². The summed E-state index contributed by atoms with van der Waals surface area (Å²) in [6, 6.07) is 12.2. The summed E-state index contributed by atoms with van der Waals surface area (Å²) >= 11 is 0. The lowest BCUT2D eigenvalue weighted by atomic mass is 10.2. The molecule has 2 aromatic rings. The Bertz CT molecular complexity index is 723. The SMILES string of the molecule is COc1cccc(NC(=O)/C(C#N)=C/c2ccc(C)o2)c1. The third-order valence-electron chi connectivity index (χ3n) is 2.74. The lowest BCUT2D eigenvalue weighted by molar-refractivity contribution is -0.112. The van der Waals surface area contributed by atoms with Crippen LogP contribution in [-0.4, -0.2) is 13.0 Å².